The van der Waals surface area contributed by atoms with Gasteiger partial charge >= 0.3 is 5.97 Å². The third kappa shape index (κ3) is 7.67. The summed E-state index contributed by atoms with van der Waals surface area (Å²) < 4.78 is 16.9. The van der Waals surface area contributed by atoms with Gasteiger partial charge in [0, 0.05) is 11.5 Å². The first-order chi connectivity index (χ1) is 24.5. The van der Waals surface area contributed by atoms with Crippen LogP contribution in [0.3, 0.4) is 0 Å². The van der Waals surface area contributed by atoms with E-state index in [1.54, 1.807) is 26.4 Å². The molecule has 1 unspecified atom stereocenters. The quantitative estimate of drug-likeness (QED) is 0.0508. The number of nitrogen functional groups attached to an aromatic ring is 1. The van der Waals surface area contributed by atoms with Crippen LogP contribution in [-0.4, -0.2) is 36.0 Å². The van der Waals surface area contributed by atoms with E-state index in [1.807, 2.05) is 97.1 Å². The molecule has 1 aromatic heterocycles. The number of oxime groups is 1. The van der Waals surface area contributed by atoms with Crippen molar-refractivity contribution in [1.29, 1.82) is 0 Å². The summed E-state index contributed by atoms with van der Waals surface area (Å²) in [5, 5.41) is 14.9. The van der Waals surface area contributed by atoms with E-state index >= 15 is 0 Å². The molecule has 50 heavy (non-hydrogen) atoms. The first-order valence-corrected chi connectivity index (χ1v) is 16.6. The van der Waals surface area contributed by atoms with Crippen molar-refractivity contribution in [1.82, 2.24) is 4.98 Å². The Morgan fingerprint density at radius 1 is 0.780 bits per heavy atom. The van der Waals surface area contributed by atoms with Crippen LogP contribution >= 0.6 is 11.3 Å². The van der Waals surface area contributed by atoms with E-state index in [-0.39, 0.29) is 23.4 Å². The highest BCUT2D eigenvalue weighted by Crippen LogP contribution is 2.42. The molecule has 1 atom stereocenters. The molecule has 0 aliphatic carbocycles. The second-order valence-electron chi connectivity index (χ2n) is 11.2. The zero-order chi connectivity index (χ0) is 34.9. The van der Waals surface area contributed by atoms with Crippen LogP contribution < -0.4 is 15.2 Å². The van der Waals surface area contributed by atoms with E-state index in [2.05, 4.69) is 34.4 Å². The fraction of sp³-hybridized carbons (Fsp3) is 0.125. The van der Waals surface area contributed by atoms with Crippen LogP contribution in [0.4, 0.5) is 5.13 Å². The van der Waals surface area contributed by atoms with Gasteiger partial charge in [-0.15, -0.1) is 0 Å². The van der Waals surface area contributed by atoms with E-state index in [9.17, 15) is 9.90 Å². The molecule has 6 aromatic rings. The number of hydrogen-bond acceptors (Lipinski definition) is 9. The van der Waals surface area contributed by atoms with Crippen molar-refractivity contribution < 1.29 is 28.9 Å². The summed E-state index contributed by atoms with van der Waals surface area (Å²) in [6.07, 6.45) is -1.05. The second-order valence-corrected chi connectivity index (χ2v) is 12.2. The molecular weight excluding hydrogens is 651 g/mol. The van der Waals surface area contributed by atoms with Gasteiger partial charge in [0.2, 0.25) is 5.71 Å². The predicted molar refractivity (Wildman–Crippen MR) is 195 cm³/mol. The van der Waals surface area contributed by atoms with Gasteiger partial charge in [-0.05, 0) is 39.9 Å². The number of hydrogen-bond donors (Lipinski definition) is 2. The Kier molecular flexibility index (Phi) is 10.8. The summed E-state index contributed by atoms with van der Waals surface area (Å²) in [4.78, 5) is 23.8. The molecule has 6 rings (SSSR count). The molecular formula is C40H35N3O6S. The number of nitrogens with zero attached hydrogens (tertiary/aromatic N) is 2. The molecule has 9 nitrogen and oxygen atoms in total. The van der Waals surface area contributed by atoms with Gasteiger partial charge in [0.25, 0.3) is 6.29 Å². The van der Waals surface area contributed by atoms with Gasteiger partial charge < -0.3 is 29.9 Å². The number of carboxylic acid groups (broad SMARTS) is 1. The summed E-state index contributed by atoms with van der Waals surface area (Å²) >= 11 is 1.19. The molecule has 0 saturated heterocycles. The lowest BCUT2D eigenvalue weighted by atomic mass is 9.82. The molecule has 3 N–H and O–H groups in total. The third-order valence-corrected chi connectivity index (χ3v) is 8.93. The van der Waals surface area contributed by atoms with Gasteiger partial charge in [0.1, 0.15) is 5.69 Å². The fourth-order valence-electron chi connectivity index (χ4n) is 5.70. The van der Waals surface area contributed by atoms with Crippen LogP contribution in [0, 0.1) is 0 Å². The average molecular weight is 686 g/mol. The maximum absolute atomic E-state index is 12.9. The molecule has 1 heterocycles. The monoisotopic (exact) mass is 685 g/mol. The predicted octanol–water partition coefficient (Wildman–Crippen LogP) is 8.31. The number of methoxy groups -OCH3 is 2. The van der Waals surface area contributed by atoms with Crippen molar-refractivity contribution in [2.45, 2.75) is 18.8 Å². The molecule has 0 fully saturated rings. The minimum atomic E-state index is -1.33. The lowest BCUT2D eigenvalue weighted by molar-refractivity contribution is -0.155. The van der Waals surface area contributed by atoms with Gasteiger partial charge in [-0.3, -0.25) is 0 Å². The highest BCUT2D eigenvalue weighted by Gasteiger charge is 2.28. The number of anilines is 1. The highest BCUT2D eigenvalue weighted by molar-refractivity contribution is 7.19. The number of carbonyl (C=O) groups is 1. The summed E-state index contributed by atoms with van der Waals surface area (Å²) in [5.41, 5.74) is 11.3. The number of rotatable bonds is 14. The average Bonchev–Trinajstić information content (AvgIpc) is 3.54. The van der Waals surface area contributed by atoms with Crippen molar-refractivity contribution in [3.8, 4) is 21.9 Å². The summed E-state index contributed by atoms with van der Waals surface area (Å²) in [6, 6.07) is 42.8. The number of aromatic nitrogens is 1. The standard InChI is InChI=1S/C40H35N3O6S/c1-46-32-23-22-26(24-33(32)47-2)25-48-39(29-18-10-5-11-19-29)49-43-36(38(44)45)35-37(50-40(41)42-35)31-21-13-12-20-30(31)34(27-14-6-3-7-15-27)28-16-8-4-9-17-28/h3-24,34,39H,25H2,1-2H3,(H2,41,42)(H,44,45). The molecule has 10 heteroatoms. The molecule has 252 valence electrons. The van der Waals surface area contributed by atoms with Crippen LogP contribution in [0.1, 0.15) is 45.7 Å². The van der Waals surface area contributed by atoms with E-state index < -0.39 is 18.0 Å². The van der Waals surface area contributed by atoms with Gasteiger partial charge in [0.05, 0.1) is 25.7 Å². The topological polar surface area (TPSA) is 125 Å². The Hall–Kier alpha value is -5.97. The van der Waals surface area contributed by atoms with Gasteiger partial charge in [-0.1, -0.05) is 138 Å². The van der Waals surface area contributed by atoms with E-state index in [1.165, 1.54) is 11.3 Å². The number of nitrogens with two attached hydrogens (primary N) is 1. The lowest BCUT2D eigenvalue weighted by Crippen LogP contribution is -2.18. The summed E-state index contributed by atoms with van der Waals surface area (Å²) in [7, 11) is 3.12. The molecule has 0 aliphatic rings. The molecule has 0 saturated carbocycles. The fourth-order valence-corrected chi connectivity index (χ4v) is 6.58. The van der Waals surface area contributed by atoms with Crippen molar-refractivity contribution in [2.75, 3.05) is 20.0 Å². The molecule has 0 spiro atoms. The Balaban J connectivity index is 1.38. The highest BCUT2D eigenvalue weighted by atomic mass is 32.1. The van der Waals surface area contributed by atoms with E-state index in [4.69, 9.17) is 24.8 Å². The summed E-state index contributed by atoms with van der Waals surface area (Å²) in [6.45, 7) is 0.112. The molecule has 0 amide bonds. The van der Waals surface area contributed by atoms with Gasteiger partial charge in [-0.25, -0.2) is 9.78 Å². The third-order valence-electron chi connectivity index (χ3n) is 8.01. The van der Waals surface area contributed by atoms with Crippen LogP contribution in [0.15, 0.2) is 139 Å². The second kappa shape index (κ2) is 16.0. The maximum Gasteiger partial charge on any atom is 0.360 e. The number of benzene rings is 5. The number of carboxylic acids is 1. The number of thiazole rings is 1. The van der Waals surface area contributed by atoms with E-state index in [0.717, 1.165) is 27.8 Å². The first-order valence-electron chi connectivity index (χ1n) is 15.8. The number of ether oxygens (including phenoxy) is 3. The van der Waals surface area contributed by atoms with Crippen molar-refractivity contribution in [3.63, 3.8) is 0 Å². The normalized spacial score (nSPS) is 12.0. The molecule has 5 aromatic carbocycles. The van der Waals surface area contributed by atoms with Crippen LogP contribution in [0.5, 0.6) is 11.5 Å². The van der Waals surface area contributed by atoms with Crippen molar-refractivity contribution >= 4 is 28.1 Å². The lowest BCUT2D eigenvalue weighted by Gasteiger charge is -2.22. The van der Waals surface area contributed by atoms with Crippen LogP contribution in [0.2, 0.25) is 0 Å². The Bertz CT molecular complexity index is 2030. The van der Waals surface area contributed by atoms with Crippen LogP contribution in [-0.2, 0) is 21.0 Å². The molecule has 0 aliphatic heterocycles. The largest absolute Gasteiger partial charge is 0.493 e. The zero-order valence-corrected chi connectivity index (χ0v) is 28.2. The first kappa shape index (κ1) is 33.9. The minimum Gasteiger partial charge on any atom is -0.493 e. The zero-order valence-electron chi connectivity index (χ0n) is 27.4. The number of aliphatic carboxylic acids is 1. The van der Waals surface area contributed by atoms with Crippen LogP contribution in [0.25, 0.3) is 10.4 Å². The van der Waals surface area contributed by atoms with E-state index in [0.29, 0.717) is 21.9 Å². The summed E-state index contributed by atoms with van der Waals surface area (Å²) in [5.74, 6) is -0.351. The Morgan fingerprint density at radius 2 is 1.36 bits per heavy atom. The minimum absolute atomic E-state index is 0.0963. The Labute approximate surface area is 294 Å². The van der Waals surface area contributed by atoms with Gasteiger partial charge in [-0.2, -0.15) is 0 Å². The van der Waals surface area contributed by atoms with Gasteiger partial charge in [0.15, 0.2) is 16.6 Å². The SMILES string of the molecule is COc1ccc(COC(ON=C(C(=O)O)c2nc(N)sc2-c2ccccc2C(c2ccccc2)c2ccccc2)c2ccccc2)cc1OC. The molecule has 0 bridgehead atoms. The maximum atomic E-state index is 12.9. The van der Waals surface area contributed by atoms with Crippen molar-refractivity contribution in [3.05, 3.63) is 167 Å². The Morgan fingerprint density at radius 3 is 1.96 bits per heavy atom. The molecule has 0 radical (unpaired) electrons. The van der Waals surface area contributed by atoms with Crippen molar-refractivity contribution in [2.24, 2.45) is 5.16 Å². The smallest absolute Gasteiger partial charge is 0.360 e.